The van der Waals surface area contributed by atoms with Crippen molar-refractivity contribution >= 4 is 29.9 Å². The zero-order chi connectivity index (χ0) is 16.2. The fraction of sp³-hybridized carbons (Fsp3) is 0.529. The monoisotopic (exact) mass is 339 g/mol. The van der Waals surface area contributed by atoms with Crippen molar-refractivity contribution in [1.29, 1.82) is 0 Å². The largest absolute Gasteiger partial charge is 0.348 e. The van der Waals surface area contributed by atoms with Crippen molar-refractivity contribution in [1.82, 2.24) is 10.6 Å². The maximum absolute atomic E-state index is 12.6. The number of benzene rings is 1. The number of hydrogen-bond donors (Lipinski definition) is 3. The minimum Gasteiger partial charge on any atom is -0.348 e. The molecule has 1 aromatic carbocycles. The molecule has 5 nitrogen and oxygen atoms in total. The van der Waals surface area contributed by atoms with Gasteiger partial charge in [0.25, 0.3) is 0 Å². The quantitative estimate of drug-likeness (QED) is 0.772. The summed E-state index contributed by atoms with van der Waals surface area (Å²) >= 11 is 0. The molecule has 128 valence electrons. The predicted octanol–water partition coefficient (Wildman–Crippen LogP) is 2.78. The molecular formula is C17H26ClN3O2. The highest BCUT2D eigenvalue weighted by Crippen LogP contribution is 2.25. The number of amides is 2. The molecule has 2 rings (SSSR count). The van der Waals surface area contributed by atoms with E-state index in [0.29, 0.717) is 0 Å². The Bertz CT molecular complexity index is 557. The summed E-state index contributed by atoms with van der Waals surface area (Å²) in [6, 6.07) is 7.47. The molecular weight excluding hydrogens is 314 g/mol. The van der Waals surface area contributed by atoms with Gasteiger partial charge in [0.15, 0.2) is 0 Å². The lowest BCUT2D eigenvalue weighted by atomic mass is 9.92. The third kappa shape index (κ3) is 4.69. The summed E-state index contributed by atoms with van der Waals surface area (Å²) in [6.45, 7) is 6.38. The maximum atomic E-state index is 12.6. The van der Waals surface area contributed by atoms with Gasteiger partial charge in [-0.05, 0) is 50.4 Å². The third-order valence-corrected chi connectivity index (χ3v) is 4.34. The average molecular weight is 340 g/mol. The lowest BCUT2D eigenvalue weighted by Gasteiger charge is -2.29. The predicted molar refractivity (Wildman–Crippen MR) is 94.8 cm³/mol. The standard InChI is InChI=1S/C17H25N3O2.ClH/c1-4-17(9-6-10-18-17)16(22)19-12(2)14-7-5-8-15(11-14)20-13(3)21;/h5,7-8,11-12,18H,4,6,9-10H2,1-3H3,(H,19,22)(H,20,21);1H. The van der Waals surface area contributed by atoms with E-state index in [-0.39, 0.29) is 30.3 Å². The third-order valence-electron chi connectivity index (χ3n) is 4.34. The highest BCUT2D eigenvalue weighted by molar-refractivity contribution is 5.89. The summed E-state index contributed by atoms with van der Waals surface area (Å²) in [7, 11) is 0. The van der Waals surface area contributed by atoms with Crippen LogP contribution in [0.1, 0.15) is 51.6 Å². The molecule has 23 heavy (non-hydrogen) atoms. The van der Waals surface area contributed by atoms with E-state index in [0.717, 1.165) is 37.1 Å². The van der Waals surface area contributed by atoms with Gasteiger partial charge in [-0.3, -0.25) is 9.59 Å². The first-order valence-electron chi connectivity index (χ1n) is 7.90. The Hall–Kier alpha value is -1.59. The van der Waals surface area contributed by atoms with Crippen LogP contribution in [-0.4, -0.2) is 23.9 Å². The number of anilines is 1. The summed E-state index contributed by atoms with van der Waals surface area (Å²) in [5.74, 6) is -0.0427. The zero-order valence-electron chi connectivity index (χ0n) is 13.9. The fourth-order valence-electron chi connectivity index (χ4n) is 2.97. The fourth-order valence-corrected chi connectivity index (χ4v) is 2.97. The molecule has 0 aromatic heterocycles. The Labute approximate surface area is 144 Å². The van der Waals surface area contributed by atoms with E-state index in [1.54, 1.807) is 0 Å². The smallest absolute Gasteiger partial charge is 0.240 e. The minimum absolute atomic E-state index is 0. The van der Waals surface area contributed by atoms with Gasteiger partial charge in [0, 0.05) is 12.6 Å². The number of nitrogens with one attached hydrogen (secondary N) is 3. The first-order valence-corrected chi connectivity index (χ1v) is 7.90. The molecule has 1 aliphatic rings. The SMILES string of the molecule is CCC1(C(=O)NC(C)c2cccc(NC(C)=O)c2)CCCN1.Cl. The Morgan fingerprint density at radius 3 is 2.70 bits per heavy atom. The van der Waals surface area contributed by atoms with Gasteiger partial charge in [-0.25, -0.2) is 0 Å². The van der Waals surface area contributed by atoms with Crippen LogP contribution in [0.15, 0.2) is 24.3 Å². The molecule has 2 atom stereocenters. The lowest BCUT2D eigenvalue weighted by Crippen LogP contribution is -2.53. The first kappa shape index (κ1) is 19.5. The van der Waals surface area contributed by atoms with Crippen LogP contribution >= 0.6 is 12.4 Å². The highest BCUT2D eigenvalue weighted by atomic mass is 35.5. The minimum atomic E-state index is -0.427. The topological polar surface area (TPSA) is 70.2 Å². The van der Waals surface area contributed by atoms with Gasteiger partial charge in [-0.2, -0.15) is 0 Å². The summed E-state index contributed by atoms with van der Waals surface area (Å²) in [5.41, 5.74) is 1.29. The molecule has 1 heterocycles. The Morgan fingerprint density at radius 1 is 1.39 bits per heavy atom. The first-order chi connectivity index (χ1) is 10.5. The molecule has 2 unspecified atom stereocenters. The second-order valence-corrected chi connectivity index (χ2v) is 5.97. The number of rotatable bonds is 5. The molecule has 0 saturated carbocycles. The van der Waals surface area contributed by atoms with Gasteiger partial charge in [0.2, 0.25) is 11.8 Å². The molecule has 0 radical (unpaired) electrons. The summed E-state index contributed by atoms with van der Waals surface area (Å²) < 4.78 is 0. The van der Waals surface area contributed by atoms with Crippen molar-refractivity contribution in [2.24, 2.45) is 0 Å². The highest BCUT2D eigenvalue weighted by Gasteiger charge is 2.39. The molecule has 1 aliphatic heterocycles. The number of halogens is 1. The van der Waals surface area contributed by atoms with Crippen LogP contribution in [0.3, 0.4) is 0 Å². The molecule has 2 amide bonds. The number of carbonyl (C=O) groups is 2. The van der Waals surface area contributed by atoms with E-state index >= 15 is 0 Å². The molecule has 0 spiro atoms. The molecule has 0 bridgehead atoms. The van der Waals surface area contributed by atoms with Crippen molar-refractivity contribution < 1.29 is 9.59 Å². The van der Waals surface area contributed by atoms with E-state index in [1.807, 2.05) is 38.1 Å². The van der Waals surface area contributed by atoms with Crippen LogP contribution in [0.25, 0.3) is 0 Å². The van der Waals surface area contributed by atoms with E-state index in [4.69, 9.17) is 0 Å². The zero-order valence-corrected chi connectivity index (χ0v) is 14.8. The van der Waals surface area contributed by atoms with Crippen LogP contribution in [0.2, 0.25) is 0 Å². The lowest BCUT2D eigenvalue weighted by molar-refractivity contribution is -0.128. The summed E-state index contributed by atoms with van der Waals surface area (Å²) in [5, 5.41) is 9.20. The van der Waals surface area contributed by atoms with Crippen LogP contribution < -0.4 is 16.0 Å². The second-order valence-electron chi connectivity index (χ2n) is 5.97. The van der Waals surface area contributed by atoms with E-state index < -0.39 is 5.54 Å². The van der Waals surface area contributed by atoms with Crippen molar-refractivity contribution in [2.45, 2.75) is 51.6 Å². The molecule has 0 aliphatic carbocycles. The molecule has 1 fully saturated rings. The molecule has 6 heteroatoms. The van der Waals surface area contributed by atoms with Gasteiger partial charge >= 0.3 is 0 Å². The molecule has 1 saturated heterocycles. The van der Waals surface area contributed by atoms with Gasteiger partial charge in [0.1, 0.15) is 0 Å². The van der Waals surface area contributed by atoms with Crippen molar-refractivity contribution in [3.63, 3.8) is 0 Å². The number of hydrogen-bond acceptors (Lipinski definition) is 3. The van der Waals surface area contributed by atoms with Gasteiger partial charge in [0.05, 0.1) is 11.6 Å². The van der Waals surface area contributed by atoms with Gasteiger partial charge < -0.3 is 16.0 Å². The number of carbonyl (C=O) groups excluding carboxylic acids is 2. The second kappa shape index (κ2) is 8.31. The van der Waals surface area contributed by atoms with Crippen LogP contribution in [0.5, 0.6) is 0 Å². The van der Waals surface area contributed by atoms with Crippen molar-refractivity contribution in [2.75, 3.05) is 11.9 Å². The van der Waals surface area contributed by atoms with E-state index in [2.05, 4.69) is 16.0 Å². The van der Waals surface area contributed by atoms with Crippen molar-refractivity contribution in [3.05, 3.63) is 29.8 Å². The normalized spacial score (nSPS) is 21.2. The summed E-state index contributed by atoms with van der Waals surface area (Å²) in [6.07, 6.45) is 2.71. The summed E-state index contributed by atoms with van der Waals surface area (Å²) in [4.78, 5) is 23.7. The van der Waals surface area contributed by atoms with Crippen molar-refractivity contribution in [3.8, 4) is 0 Å². The van der Waals surface area contributed by atoms with Gasteiger partial charge in [-0.1, -0.05) is 19.1 Å². The Morgan fingerprint density at radius 2 is 2.13 bits per heavy atom. The van der Waals surface area contributed by atoms with E-state index in [1.165, 1.54) is 6.92 Å². The van der Waals surface area contributed by atoms with Crippen LogP contribution in [0.4, 0.5) is 5.69 Å². The van der Waals surface area contributed by atoms with Crippen LogP contribution in [0, 0.1) is 0 Å². The average Bonchev–Trinajstić information content (AvgIpc) is 2.97. The maximum Gasteiger partial charge on any atom is 0.240 e. The Kier molecular flexibility index (Phi) is 7.03. The molecule has 1 aromatic rings. The van der Waals surface area contributed by atoms with E-state index in [9.17, 15) is 9.59 Å². The Balaban J connectivity index is 0.00000264. The molecule has 3 N–H and O–H groups in total. The van der Waals surface area contributed by atoms with Crippen LogP contribution in [-0.2, 0) is 9.59 Å². The van der Waals surface area contributed by atoms with Gasteiger partial charge in [-0.15, -0.1) is 12.4 Å².